The summed E-state index contributed by atoms with van der Waals surface area (Å²) in [5.41, 5.74) is 4.02. The summed E-state index contributed by atoms with van der Waals surface area (Å²) in [5.74, 6) is -0.512. The van der Waals surface area contributed by atoms with Crippen molar-refractivity contribution < 1.29 is 9.21 Å². The van der Waals surface area contributed by atoms with Crippen molar-refractivity contribution in [3.05, 3.63) is 63.5 Å². The van der Waals surface area contributed by atoms with Crippen LogP contribution in [-0.4, -0.2) is 14.7 Å². The van der Waals surface area contributed by atoms with Gasteiger partial charge in [-0.1, -0.05) is 6.07 Å². The standard InChI is InChI=1S/C18H13N3O3S/c1-9-5-10(2)17-12(6-9)15(22)8-16(24-17)18(23)19-11-3-4-13-14(7-11)21-25-20-13/h3-8H,1-2H3,(H,19,23). The third kappa shape index (κ3) is 2.78. The largest absolute Gasteiger partial charge is 0.450 e. The molecule has 2 heterocycles. The number of aromatic nitrogens is 2. The summed E-state index contributed by atoms with van der Waals surface area (Å²) in [5, 5.41) is 3.20. The Morgan fingerprint density at radius 3 is 2.72 bits per heavy atom. The zero-order valence-electron chi connectivity index (χ0n) is 13.5. The van der Waals surface area contributed by atoms with E-state index in [1.165, 1.54) is 6.07 Å². The number of carbonyl (C=O) groups is 1. The molecule has 6 nitrogen and oxygen atoms in total. The molecular formula is C18H13N3O3S. The molecule has 0 aliphatic rings. The van der Waals surface area contributed by atoms with Gasteiger partial charge >= 0.3 is 0 Å². The van der Waals surface area contributed by atoms with E-state index in [1.807, 2.05) is 19.9 Å². The van der Waals surface area contributed by atoms with Crippen LogP contribution >= 0.6 is 11.7 Å². The second-order valence-corrected chi connectivity index (χ2v) is 6.38. The Labute approximate surface area is 146 Å². The molecule has 0 aliphatic heterocycles. The molecule has 0 atom stereocenters. The molecule has 25 heavy (non-hydrogen) atoms. The minimum Gasteiger partial charge on any atom is -0.450 e. The van der Waals surface area contributed by atoms with Crippen LogP contribution in [0, 0.1) is 13.8 Å². The maximum atomic E-state index is 12.5. The van der Waals surface area contributed by atoms with Crippen molar-refractivity contribution in [2.75, 3.05) is 5.32 Å². The lowest BCUT2D eigenvalue weighted by atomic mass is 10.1. The smallest absolute Gasteiger partial charge is 0.291 e. The number of hydrogen-bond donors (Lipinski definition) is 1. The first kappa shape index (κ1) is 15.5. The molecule has 0 saturated carbocycles. The third-order valence-electron chi connectivity index (χ3n) is 3.89. The average molecular weight is 351 g/mol. The molecule has 0 saturated heterocycles. The number of benzene rings is 2. The van der Waals surface area contributed by atoms with Crippen molar-refractivity contribution in [3.8, 4) is 0 Å². The highest BCUT2D eigenvalue weighted by Gasteiger charge is 2.14. The Morgan fingerprint density at radius 2 is 1.88 bits per heavy atom. The van der Waals surface area contributed by atoms with E-state index in [0.717, 1.165) is 28.4 Å². The first-order chi connectivity index (χ1) is 12.0. The van der Waals surface area contributed by atoms with Gasteiger partial charge in [0.05, 0.1) is 17.1 Å². The molecule has 7 heteroatoms. The Balaban J connectivity index is 1.73. The van der Waals surface area contributed by atoms with Crippen LogP contribution in [0.1, 0.15) is 21.7 Å². The summed E-state index contributed by atoms with van der Waals surface area (Å²) in [4.78, 5) is 24.8. The fraction of sp³-hybridized carbons (Fsp3) is 0.111. The second kappa shape index (κ2) is 5.78. The predicted molar refractivity (Wildman–Crippen MR) is 97.3 cm³/mol. The zero-order valence-corrected chi connectivity index (χ0v) is 14.3. The molecule has 0 spiro atoms. The number of carbonyl (C=O) groups excluding carboxylic acids is 1. The quantitative estimate of drug-likeness (QED) is 0.595. The topological polar surface area (TPSA) is 85.1 Å². The number of hydrogen-bond acceptors (Lipinski definition) is 6. The molecule has 4 aromatic rings. The van der Waals surface area contributed by atoms with Gasteiger partial charge in [0.1, 0.15) is 16.6 Å². The zero-order chi connectivity index (χ0) is 17.6. The van der Waals surface area contributed by atoms with Gasteiger partial charge in [-0.15, -0.1) is 0 Å². The lowest BCUT2D eigenvalue weighted by molar-refractivity contribution is 0.0997. The highest BCUT2D eigenvalue weighted by atomic mass is 32.1. The van der Waals surface area contributed by atoms with E-state index in [4.69, 9.17) is 4.42 Å². The van der Waals surface area contributed by atoms with Crippen LogP contribution in [0.3, 0.4) is 0 Å². The molecule has 124 valence electrons. The molecule has 0 radical (unpaired) electrons. The van der Waals surface area contributed by atoms with Crippen LogP contribution in [0.25, 0.3) is 22.0 Å². The van der Waals surface area contributed by atoms with Crippen LogP contribution < -0.4 is 10.7 Å². The van der Waals surface area contributed by atoms with Gasteiger partial charge in [0.25, 0.3) is 5.91 Å². The van der Waals surface area contributed by atoms with Crippen molar-refractivity contribution in [1.82, 2.24) is 8.75 Å². The van der Waals surface area contributed by atoms with Crippen LogP contribution in [0.5, 0.6) is 0 Å². The molecule has 0 fully saturated rings. The summed E-state index contributed by atoms with van der Waals surface area (Å²) in [6.45, 7) is 3.76. The average Bonchev–Trinajstić information content (AvgIpc) is 3.03. The maximum absolute atomic E-state index is 12.5. The van der Waals surface area contributed by atoms with Crippen molar-refractivity contribution in [2.45, 2.75) is 13.8 Å². The van der Waals surface area contributed by atoms with Crippen molar-refractivity contribution in [1.29, 1.82) is 0 Å². The van der Waals surface area contributed by atoms with Crippen LogP contribution in [0.15, 0.2) is 45.6 Å². The first-order valence-electron chi connectivity index (χ1n) is 7.60. The minimum atomic E-state index is -0.485. The molecule has 0 bridgehead atoms. The molecule has 2 aromatic carbocycles. The molecule has 0 unspecified atom stereocenters. The van der Waals surface area contributed by atoms with Gasteiger partial charge in [-0.25, -0.2) is 0 Å². The van der Waals surface area contributed by atoms with E-state index in [1.54, 1.807) is 24.3 Å². The summed E-state index contributed by atoms with van der Waals surface area (Å²) >= 11 is 1.11. The first-order valence-corrected chi connectivity index (χ1v) is 8.33. The van der Waals surface area contributed by atoms with Crippen molar-refractivity contribution >= 4 is 45.3 Å². The molecule has 2 aromatic heterocycles. The minimum absolute atomic E-state index is 0.0269. The summed E-state index contributed by atoms with van der Waals surface area (Å²) in [6.07, 6.45) is 0. The highest BCUT2D eigenvalue weighted by Crippen LogP contribution is 2.21. The Kier molecular flexibility index (Phi) is 3.58. The Morgan fingerprint density at radius 1 is 1.08 bits per heavy atom. The van der Waals surface area contributed by atoms with E-state index in [9.17, 15) is 9.59 Å². The number of fused-ring (bicyclic) bond motifs is 2. The number of nitrogens with zero attached hydrogens (tertiary/aromatic N) is 2. The number of anilines is 1. The lowest BCUT2D eigenvalue weighted by Gasteiger charge is -2.07. The van der Waals surface area contributed by atoms with Gasteiger partial charge in [0.2, 0.25) is 0 Å². The van der Waals surface area contributed by atoms with Gasteiger partial charge in [0, 0.05) is 11.8 Å². The van der Waals surface area contributed by atoms with Gasteiger partial charge < -0.3 is 9.73 Å². The molecular weight excluding hydrogens is 338 g/mol. The van der Waals surface area contributed by atoms with E-state index >= 15 is 0 Å². The number of aryl methyl sites for hydroxylation is 2. The lowest BCUT2D eigenvalue weighted by Crippen LogP contribution is -2.15. The normalized spacial score (nSPS) is 11.1. The van der Waals surface area contributed by atoms with E-state index < -0.39 is 5.91 Å². The summed E-state index contributed by atoms with van der Waals surface area (Å²) in [6, 6.07) is 10.1. The number of amides is 1. The monoisotopic (exact) mass is 351 g/mol. The van der Waals surface area contributed by atoms with E-state index in [-0.39, 0.29) is 11.2 Å². The fourth-order valence-electron chi connectivity index (χ4n) is 2.77. The molecule has 1 amide bonds. The van der Waals surface area contributed by atoms with Crippen LogP contribution in [0.4, 0.5) is 5.69 Å². The van der Waals surface area contributed by atoms with Crippen molar-refractivity contribution in [2.24, 2.45) is 0 Å². The highest BCUT2D eigenvalue weighted by molar-refractivity contribution is 7.00. The Bertz CT molecular complexity index is 1190. The summed E-state index contributed by atoms with van der Waals surface area (Å²) < 4.78 is 14.0. The number of rotatable bonds is 2. The molecule has 1 N–H and O–H groups in total. The van der Waals surface area contributed by atoms with Crippen LogP contribution in [-0.2, 0) is 0 Å². The van der Waals surface area contributed by atoms with Gasteiger partial charge in [-0.3, -0.25) is 9.59 Å². The maximum Gasteiger partial charge on any atom is 0.291 e. The van der Waals surface area contributed by atoms with Gasteiger partial charge in [0.15, 0.2) is 11.2 Å². The van der Waals surface area contributed by atoms with Gasteiger partial charge in [-0.05, 0) is 49.2 Å². The van der Waals surface area contributed by atoms with Gasteiger partial charge in [-0.2, -0.15) is 8.75 Å². The SMILES string of the molecule is Cc1cc(C)c2oc(C(=O)Nc3ccc4nsnc4c3)cc(=O)c2c1. The second-order valence-electron chi connectivity index (χ2n) is 5.86. The third-order valence-corrected chi connectivity index (χ3v) is 4.45. The number of nitrogens with one attached hydrogen (secondary N) is 1. The van der Waals surface area contributed by atoms with E-state index in [2.05, 4.69) is 14.1 Å². The summed E-state index contributed by atoms with van der Waals surface area (Å²) in [7, 11) is 0. The Hall–Kier alpha value is -3.06. The predicted octanol–water partition coefficient (Wildman–Crippen LogP) is 3.67. The van der Waals surface area contributed by atoms with E-state index in [0.29, 0.717) is 22.2 Å². The van der Waals surface area contributed by atoms with Crippen molar-refractivity contribution in [3.63, 3.8) is 0 Å². The molecule has 4 rings (SSSR count). The van der Waals surface area contributed by atoms with Crippen LogP contribution in [0.2, 0.25) is 0 Å². The fourth-order valence-corrected chi connectivity index (χ4v) is 3.29. The molecule has 0 aliphatic carbocycles.